The summed E-state index contributed by atoms with van der Waals surface area (Å²) in [4.78, 5) is 0. The van der Waals surface area contributed by atoms with E-state index < -0.39 is 0 Å². The van der Waals surface area contributed by atoms with E-state index in [2.05, 4.69) is 18.3 Å². The molecule has 11 heavy (non-hydrogen) atoms. The Morgan fingerprint density at radius 2 is 2.27 bits per heavy atom. The van der Waals surface area contributed by atoms with E-state index in [0.717, 1.165) is 18.8 Å². The Kier molecular flexibility index (Phi) is 2.93. The van der Waals surface area contributed by atoms with Crippen molar-refractivity contribution < 1.29 is 0 Å². The molecular formula is C9H14N2. The summed E-state index contributed by atoms with van der Waals surface area (Å²) in [6.45, 7) is 3.99. The highest BCUT2D eigenvalue weighted by Crippen LogP contribution is 2.05. The van der Waals surface area contributed by atoms with E-state index in [1.165, 1.54) is 5.56 Å². The van der Waals surface area contributed by atoms with Crippen LogP contribution in [0.4, 0.5) is 5.69 Å². The highest BCUT2D eigenvalue weighted by molar-refractivity contribution is 5.40. The predicted molar refractivity (Wildman–Crippen MR) is 48.2 cm³/mol. The van der Waals surface area contributed by atoms with Crippen LogP contribution in [-0.4, -0.2) is 6.54 Å². The lowest BCUT2D eigenvalue weighted by Gasteiger charge is -2.01. The van der Waals surface area contributed by atoms with E-state index >= 15 is 0 Å². The fourth-order valence-corrected chi connectivity index (χ4v) is 0.972. The summed E-state index contributed by atoms with van der Waals surface area (Å²) >= 11 is 0. The lowest BCUT2D eigenvalue weighted by atomic mass is 10.2. The molecule has 0 saturated carbocycles. The number of hydrogen-bond acceptors (Lipinski definition) is 2. The van der Waals surface area contributed by atoms with E-state index in [9.17, 15) is 0 Å². The second-order valence-electron chi connectivity index (χ2n) is 2.53. The van der Waals surface area contributed by atoms with Crippen molar-refractivity contribution in [1.82, 2.24) is 5.32 Å². The van der Waals surface area contributed by atoms with Gasteiger partial charge >= 0.3 is 0 Å². The first-order valence-corrected chi connectivity index (χ1v) is 3.88. The number of nitrogens with two attached hydrogens (primary N) is 1. The van der Waals surface area contributed by atoms with Crippen LogP contribution in [0.3, 0.4) is 0 Å². The Balaban J connectivity index is 2.56. The van der Waals surface area contributed by atoms with Crippen molar-refractivity contribution in [2.75, 3.05) is 12.3 Å². The largest absolute Gasteiger partial charge is 0.399 e. The molecule has 3 N–H and O–H groups in total. The highest BCUT2D eigenvalue weighted by Gasteiger charge is 1.90. The first-order chi connectivity index (χ1) is 5.33. The Labute approximate surface area is 67.4 Å². The van der Waals surface area contributed by atoms with Gasteiger partial charge in [-0.3, -0.25) is 0 Å². The topological polar surface area (TPSA) is 38.0 Å². The van der Waals surface area contributed by atoms with Crippen LogP contribution in [0, 0.1) is 0 Å². The van der Waals surface area contributed by atoms with Crippen molar-refractivity contribution >= 4 is 5.69 Å². The molecule has 0 amide bonds. The van der Waals surface area contributed by atoms with Gasteiger partial charge in [-0.25, -0.2) is 0 Å². The van der Waals surface area contributed by atoms with Crippen molar-refractivity contribution in [2.24, 2.45) is 0 Å². The lowest BCUT2D eigenvalue weighted by Crippen LogP contribution is -2.11. The van der Waals surface area contributed by atoms with E-state index in [-0.39, 0.29) is 0 Å². The minimum Gasteiger partial charge on any atom is -0.399 e. The molecule has 0 aliphatic rings. The van der Waals surface area contributed by atoms with Gasteiger partial charge in [0.1, 0.15) is 0 Å². The van der Waals surface area contributed by atoms with E-state index in [1.807, 2.05) is 18.2 Å². The third-order valence-corrected chi connectivity index (χ3v) is 1.53. The second-order valence-corrected chi connectivity index (χ2v) is 2.53. The molecule has 0 fully saturated rings. The summed E-state index contributed by atoms with van der Waals surface area (Å²) in [7, 11) is 0. The number of anilines is 1. The van der Waals surface area contributed by atoms with Crippen LogP contribution in [0.2, 0.25) is 0 Å². The first-order valence-electron chi connectivity index (χ1n) is 3.88. The van der Waals surface area contributed by atoms with Crippen LogP contribution in [0.1, 0.15) is 12.5 Å². The van der Waals surface area contributed by atoms with Gasteiger partial charge in [-0.1, -0.05) is 19.1 Å². The van der Waals surface area contributed by atoms with Crippen LogP contribution >= 0.6 is 0 Å². The molecular weight excluding hydrogens is 136 g/mol. The lowest BCUT2D eigenvalue weighted by molar-refractivity contribution is 0.727. The van der Waals surface area contributed by atoms with Gasteiger partial charge in [0.05, 0.1) is 0 Å². The van der Waals surface area contributed by atoms with Gasteiger partial charge < -0.3 is 11.1 Å². The zero-order chi connectivity index (χ0) is 8.10. The number of hydrogen-bond donors (Lipinski definition) is 2. The van der Waals surface area contributed by atoms with Crippen molar-refractivity contribution in [3.05, 3.63) is 29.8 Å². The van der Waals surface area contributed by atoms with Gasteiger partial charge in [-0.15, -0.1) is 0 Å². The molecule has 2 nitrogen and oxygen atoms in total. The maximum Gasteiger partial charge on any atom is 0.0317 e. The molecule has 0 aliphatic heterocycles. The van der Waals surface area contributed by atoms with Gasteiger partial charge in [0.2, 0.25) is 0 Å². The molecule has 0 spiro atoms. The van der Waals surface area contributed by atoms with E-state index in [1.54, 1.807) is 0 Å². The Morgan fingerprint density at radius 3 is 2.91 bits per heavy atom. The number of rotatable bonds is 3. The molecule has 0 aliphatic carbocycles. The molecule has 0 aromatic heterocycles. The van der Waals surface area contributed by atoms with E-state index in [0.29, 0.717) is 0 Å². The van der Waals surface area contributed by atoms with Crippen LogP contribution < -0.4 is 11.1 Å². The molecule has 60 valence electrons. The van der Waals surface area contributed by atoms with Crippen molar-refractivity contribution in [3.8, 4) is 0 Å². The monoisotopic (exact) mass is 150 g/mol. The maximum absolute atomic E-state index is 5.60. The Morgan fingerprint density at radius 1 is 1.45 bits per heavy atom. The molecule has 0 saturated heterocycles. The van der Waals surface area contributed by atoms with Crippen molar-refractivity contribution in [3.63, 3.8) is 0 Å². The van der Waals surface area contributed by atoms with Crippen LogP contribution in [0.25, 0.3) is 0 Å². The minimum atomic E-state index is 0.834. The number of nitrogen functional groups attached to an aromatic ring is 1. The fourth-order valence-electron chi connectivity index (χ4n) is 0.972. The minimum absolute atomic E-state index is 0.834. The highest BCUT2D eigenvalue weighted by atomic mass is 14.8. The molecule has 1 rings (SSSR count). The SMILES string of the molecule is CCNCc1cccc(N)c1. The van der Waals surface area contributed by atoms with Gasteiger partial charge in [0.25, 0.3) is 0 Å². The van der Waals surface area contributed by atoms with Gasteiger partial charge in [0.15, 0.2) is 0 Å². The molecule has 0 atom stereocenters. The molecule has 0 bridgehead atoms. The van der Waals surface area contributed by atoms with Gasteiger partial charge in [-0.05, 0) is 24.2 Å². The molecule has 0 radical (unpaired) electrons. The van der Waals surface area contributed by atoms with Crippen molar-refractivity contribution in [1.29, 1.82) is 0 Å². The summed E-state index contributed by atoms with van der Waals surface area (Å²) in [6.07, 6.45) is 0. The maximum atomic E-state index is 5.60. The zero-order valence-corrected chi connectivity index (χ0v) is 6.80. The van der Waals surface area contributed by atoms with E-state index in [4.69, 9.17) is 5.73 Å². The van der Waals surface area contributed by atoms with Crippen LogP contribution in [0.5, 0.6) is 0 Å². The average Bonchev–Trinajstić information content (AvgIpc) is 2.01. The predicted octanol–water partition coefficient (Wildman–Crippen LogP) is 1.38. The molecule has 1 aromatic carbocycles. The Hall–Kier alpha value is -1.02. The molecule has 1 aromatic rings. The molecule has 0 heterocycles. The smallest absolute Gasteiger partial charge is 0.0317 e. The summed E-state index contributed by atoms with van der Waals surface area (Å²) in [5.74, 6) is 0. The Bertz CT molecular complexity index is 221. The zero-order valence-electron chi connectivity index (χ0n) is 6.80. The summed E-state index contributed by atoms with van der Waals surface area (Å²) in [5.41, 5.74) is 7.68. The first kappa shape index (κ1) is 8.08. The van der Waals surface area contributed by atoms with Crippen LogP contribution in [-0.2, 0) is 6.54 Å². The summed E-state index contributed by atoms with van der Waals surface area (Å²) in [5, 5.41) is 3.24. The number of benzene rings is 1. The summed E-state index contributed by atoms with van der Waals surface area (Å²) in [6, 6.07) is 7.93. The molecule has 0 unspecified atom stereocenters. The summed E-state index contributed by atoms with van der Waals surface area (Å²) < 4.78 is 0. The standard InChI is InChI=1S/C9H14N2/c1-2-11-7-8-4-3-5-9(10)6-8/h3-6,11H,2,7,10H2,1H3. The molecule has 2 heteroatoms. The number of nitrogens with one attached hydrogen (secondary N) is 1. The van der Waals surface area contributed by atoms with Gasteiger partial charge in [0, 0.05) is 12.2 Å². The quantitative estimate of drug-likeness (QED) is 0.639. The van der Waals surface area contributed by atoms with Crippen molar-refractivity contribution in [2.45, 2.75) is 13.5 Å². The normalized spacial score (nSPS) is 9.91. The third kappa shape index (κ3) is 2.60. The third-order valence-electron chi connectivity index (χ3n) is 1.53. The second kappa shape index (κ2) is 3.98. The van der Waals surface area contributed by atoms with Gasteiger partial charge in [-0.2, -0.15) is 0 Å². The fraction of sp³-hybridized carbons (Fsp3) is 0.333. The van der Waals surface area contributed by atoms with Crippen LogP contribution in [0.15, 0.2) is 24.3 Å². The average molecular weight is 150 g/mol.